The molecule has 240 valence electrons. The molecule has 5 aromatic carbocycles. The maximum atomic E-state index is 7.25. The zero-order chi connectivity index (χ0) is 33.4. The molecule has 0 saturated carbocycles. The molecule has 2 aliphatic heterocycles. The maximum Gasteiger partial charge on any atom is 0.239 e. The smallest absolute Gasteiger partial charge is 0.239 e. The van der Waals surface area contributed by atoms with Gasteiger partial charge in [-0.25, -0.2) is 14.9 Å². The van der Waals surface area contributed by atoms with Gasteiger partial charge >= 0.3 is 0 Å². The Kier molecular flexibility index (Phi) is 8.25. The minimum atomic E-state index is -1.32. The van der Waals surface area contributed by atoms with Gasteiger partial charge in [0.05, 0.1) is 23.2 Å². The number of allylic oxidation sites excluding steroid dienone is 4. The molecular formula is C43H34Cl2N4. The van der Waals surface area contributed by atoms with Crippen molar-refractivity contribution in [2.24, 2.45) is 20.4 Å². The lowest BCUT2D eigenvalue weighted by molar-refractivity contribution is 0.0493. The van der Waals surface area contributed by atoms with Crippen molar-refractivity contribution in [3.05, 3.63) is 202 Å². The number of halogens is 2. The van der Waals surface area contributed by atoms with Gasteiger partial charge in [-0.1, -0.05) is 182 Å². The van der Waals surface area contributed by atoms with Crippen LogP contribution in [0, 0.1) is 5.41 Å². The summed E-state index contributed by atoms with van der Waals surface area (Å²) in [6, 6.07) is 46.7. The summed E-state index contributed by atoms with van der Waals surface area (Å²) in [6.45, 7) is 2.24. The Morgan fingerprint density at radius 3 is 1.92 bits per heavy atom. The third-order valence-electron chi connectivity index (χ3n) is 9.63. The summed E-state index contributed by atoms with van der Waals surface area (Å²) in [5, 5.41) is 1.20. The van der Waals surface area contributed by atoms with E-state index in [1.807, 2.05) is 60.7 Å². The molecule has 4 atom stereocenters. The van der Waals surface area contributed by atoms with Gasteiger partial charge < -0.3 is 0 Å². The molecular weight excluding hydrogens is 643 g/mol. The number of rotatable bonds is 7. The fraction of sp³-hybridized carbons (Fsp3) is 0.140. The van der Waals surface area contributed by atoms with E-state index in [0.717, 1.165) is 51.4 Å². The molecule has 0 N–H and O–H groups in total. The lowest BCUT2D eigenvalue weighted by Gasteiger charge is -2.42. The second kappa shape index (κ2) is 12.9. The van der Waals surface area contributed by atoms with Gasteiger partial charge in [-0.15, -0.1) is 0 Å². The van der Waals surface area contributed by atoms with Crippen molar-refractivity contribution in [1.29, 1.82) is 0 Å². The van der Waals surface area contributed by atoms with Crippen LogP contribution in [0.5, 0.6) is 0 Å². The van der Waals surface area contributed by atoms with Crippen molar-refractivity contribution in [2.45, 2.75) is 31.3 Å². The molecule has 0 amide bonds. The fourth-order valence-corrected chi connectivity index (χ4v) is 7.73. The highest BCUT2D eigenvalue weighted by molar-refractivity contribution is 6.51. The van der Waals surface area contributed by atoms with Crippen LogP contribution < -0.4 is 0 Å². The molecule has 0 bridgehead atoms. The molecule has 0 aromatic heterocycles. The summed E-state index contributed by atoms with van der Waals surface area (Å²) in [5.74, 6) is -1.32. The number of hydrogen-bond donors (Lipinski definition) is 0. The molecule has 3 aliphatic rings. The molecule has 5 aromatic rings. The van der Waals surface area contributed by atoms with E-state index in [1.54, 1.807) is 0 Å². The molecule has 0 spiro atoms. The van der Waals surface area contributed by atoms with Crippen LogP contribution in [0.25, 0.3) is 0 Å². The molecule has 4 nitrogen and oxygen atoms in total. The molecule has 6 heteroatoms. The van der Waals surface area contributed by atoms with Crippen LogP contribution in [-0.2, 0) is 5.79 Å². The van der Waals surface area contributed by atoms with Crippen LogP contribution in [0.3, 0.4) is 0 Å². The lowest BCUT2D eigenvalue weighted by atomic mass is 9.76. The summed E-state index contributed by atoms with van der Waals surface area (Å²) in [5.41, 5.74) is 6.96. The maximum absolute atomic E-state index is 7.25. The summed E-state index contributed by atoms with van der Waals surface area (Å²) in [6.07, 6.45) is 8.88. The number of benzene rings is 5. The van der Waals surface area contributed by atoms with E-state index >= 15 is 0 Å². The second-order valence-corrected chi connectivity index (χ2v) is 13.6. The molecule has 0 radical (unpaired) electrons. The summed E-state index contributed by atoms with van der Waals surface area (Å²) in [7, 11) is 0. The average molecular weight is 678 g/mol. The Bertz CT molecular complexity index is 2160. The van der Waals surface area contributed by atoms with Crippen LogP contribution in [0.4, 0.5) is 0 Å². The molecule has 0 fully saturated rings. The number of hydrogen-bond acceptors (Lipinski definition) is 4. The summed E-state index contributed by atoms with van der Waals surface area (Å²) >= 11 is 14.3. The Labute approximate surface area is 297 Å². The first-order chi connectivity index (χ1) is 24.0. The van der Waals surface area contributed by atoms with Crippen molar-refractivity contribution in [3.8, 4) is 0 Å². The van der Waals surface area contributed by atoms with Crippen LogP contribution in [0.15, 0.2) is 179 Å². The fourth-order valence-electron chi connectivity index (χ4n) is 7.24. The van der Waals surface area contributed by atoms with Crippen LogP contribution in [0.1, 0.15) is 53.4 Å². The molecule has 0 saturated heterocycles. The molecule has 1 aliphatic carbocycles. The van der Waals surface area contributed by atoms with Crippen LogP contribution in [-0.4, -0.2) is 22.0 Å². The van der Waals surface area contributed by atoms with Gasteiger partial charge in [-0.05, 0) is 29.7 Å². The summed E-state index contributed by atoms with van der Waals surface area (Å²) < 4.78 is 0. The quantitative estimate of drug-likeness (QED) is 0.169. The Balaban J connectivity index is 1.49. The molecule has 2 heterocycles. The minimum Gasteiger partial charge on any atom is -0.263 e. The average Bonchev–Trinajstić information content (AvgIpc) is 3.75. The van der Waals surface area contributed by atoms with E-state index in [4.69, 9.17) is 38.2 Å². The minimum absolute atomic E-state index is 0.361. The first-order valence-electron chi connectivity index (χ1n) is 16.5. The molecule has 49 heavy (non-hydrogen) atoms. The summed E-state index contributed by atoms with van der Waals surface area (Å²) in [4.78, 5) is 19.5. The van der Waals surface area contributed by atoms with Crippen molar-refractivity contribution in [1.82, 2.24) is 4.90 Å². The van der Waals surface area contributed by atoms with E-state index in [0.29, 0.717) is 10.0 Å². The highest BCUT2D eigenvalue weighted by Gasteiger charge is 2.56. The molecule has 4 unspecified atom stereocenters. The van der Waals surface area contributed by atoms with E-state index in [-0.39, 0.29) is 6.04 Å². The lowest BCUT2D eigenvalue weighted by Crippen LogP contribution is -2.46. The second-order valence-electron chi connectivity index (χ2n) is 12.8. The largest absolute Gasteiger partial charge is 0.263 e. The number of aliphatic imine (C=N–C) groups is 3. The predicted octanol–water partition coefficient (Wildman–Crippen LogP) is 10.8. The number of nitrogens with zero attached hydrogens (tertiary/aromatic N) is 4. The van der Waals surface area contributed by atoms with Gasteiger partial charge in [0, 0.05) is 32.2 Å². The highest BCUT2D eigenvalue weighted by Crippen LogP contribution is 2.55. The first kappa shape index (κ1) is 31.4. The monoisotopic (exact) mass is 676 g/mol. The van der Waals surface area contributed by atoms with Crippen molar-refractivity contribution >= 4 is 40.3 Å². The third kappa shape index (κ3) is 5.50. The Hall–Kier alpha value is -4.87. The van der Waals surface area contributed by atoms with E-state index in [9.17, 15) is 0 Å². The van der Waals surface area contributed by atoms with Gasteiger partial charge in [-0.3, -0.25) is 4.99 Å². The topological polar surface area (TPSA) is 40.3 Å². The van der Waals surface area contributed by atoms with Gasteiger partial charge in [0.1, 0.15) is 6.17 Å². The van der Waals surface area contributed by atoms with E-state index in [2.05, 4.69) is 115 Å². The van der Waals surface area contributed by atoms with Crippen LogP contribution >= 0.6 is 23.2 Å². The SMILES string of the molecule is CC1(C2=NC(c3ccccc3Cl)(N3C(c4ccccc4Cl)N=C(c4ccccc4)C3c3ccccc3)N=C2c2ccccc2)C=CC=CC1. The van der Waals surface area contributed by atoms with Gasteiger partial charge in [0.25, 0.3) is 0 Å². The zero-order valence-corrected chi connectivity index (χ0v) is 28.5. The van der Waals surface area contributed by atoms with Gasteiger partial charge in [-0.2, -0.15) is 0 Å². The normalized spacial score (nSPS) is 24.8. The van der Waals surface area contributed by atoms with Crippen molar-refractivity contribution < 1.29 is 0 Å². The van der Waals surface area contributed by atoms with E-state index in [1.165, 1.54) is 0 Å². The van der Waals surface area contributed by atoms with Gasteiger partial charge in [0.15, 0.2) is 0 Å². The van der Waals surface area contributed by atoms with Gasteiger partial charge in [0.2, 0.25) is 5.79 Å². The van der Waals surface area contributed by atoms with Crippen molar-refractivity contribution in [2.75, 3.05) is 0 Å². The standard InChI is InChI=1S/C43H34Cl2N4/c1-42(28-16-5-17-29-42)40-38(31-20-8-3-9-21-31)47-43(48-40,34-25-13-15-27-36(34)45)49-39(32-22-10-4-11-23-32)37(30-18-6-2-7-19-30)46-41(49)33-24-12-14-26-35(33)44/h2-28,39,41H,29H2,1H3. The third-order valence-corrected chi connectivity index (χ3v) is 10.3. The Morgan fingerprint density at radius 2 is 1.27 bits per heavy atom. The van der Waals surface area contributed by atoms with Crippen molar-refractivity contribution in [3.63, 3.8) is 0 Å². The first-order valence-corrected chi connectivity index (χ1v) is 17.3. The highest BCUT2D eigenvalue weighted by atomic mass is 35.5. The predicted molar refractivity (Wildman–Crippen MR) is 203 cm³/mol. The van der Waals surface area contributed by atoms with Crippen LogP contribution in [0.2, 0.25) is 10.0 Å². The van der Waals surface area contributed by atoms with E-state index < -0.39 is 17.4 Å². The zero-order valence-electron chi connectivity index (χ0n) is 27.0. The Morgan fingerprint density at radius 1 is 0.653 bits per heavy atom. The molecule has 8 rings (SSSR count).